The van der Waals surface area contributed by atoms with Crippen molar-refractivity contribution in [3.05, 3.63) is 23.9 Å². The van der Waals surface area contributed by atoms with Crippen LogP contribution in [0.4, 0.5) is 0 Å². The molecule has 1 N–H and O–H groups in total. The van der Waals surface area contributed by atoms with Crippen LogP contribution in [0.1, 0.15) is 37.6 Å². The molecular weight excluding hydrogens is 310 g/mol. The number of nitrogens with one attached hydrogen (secondary N) is 1. The molecule has 2 amide bonds. The topological polar surface area (TPSA) is 80.8 Å². The SMILES string of the molecule is CN1CC(NC(=O)c2ccc(OCCOC(C)(C)C)nc2)CC1=O. The van der Waals surface area contributed by atoms with Gasteiger partial charge in [0.2, 0.25) is 11.8 Å². The molecule has 1 aliphatic rings. The maximum Gasteiger partial charge on any atom is 0.253 e. The van der Waals surface area contributed by atoms with E-state index in [0.29, 0.717) is 37.6 Å². The Hall–Kier alpha value is -2.15. The zero-order valence-corrected chi connectivity index (χ0v) is 14.7. The monoisotopic (exact) mass is 335 g/mol. The molecule has 0 radical (unpaired) electrons. The van der Waals surface area contributed by atoms with Crippen LogP contribution in [0.25, 0.3) is 0 Å². The third-order valence-electron chi connectivity index (χ3n) is 3.54. The molecule has 1 unspecified atom stereocenters. The van der Waals surface area contributed by atoms with Crippen molar-refractivity contribution >= 4 is 11.8 Å². The van der Waals surface area contributed by atoms with Crippen molar-refractivity contribution < 1.29 is 19.1 Å². The summed E-state index contributed by atoms with van der Waals surface area (Å²) in [7, 11) is 1.73. The van der Waals surface area contributed by atoms with Gasteiger partial charge in [-0.2, -0.15) is 0 Å². The molecule has 1 atom stereocenters. The first-order chi connectivity index (χ1) is 11.2. The summed E-state index contributed by atoms with van der Waals surface area (Å²) in [5, 5.41) is 2.84. The quantitative estimate of drug-likeness (QED) is 0.791. The molecule has 0 spiro atoms. The highest BCUT2D eigenvalue weighted by Crippen LogP contribution is 2.12. The molecule has 1 saturated heterocycles. The van der Waals surface area contributed by atoms with Crippen molar-refractivity contribution in [2.45, 2.75) is 38.8 Å². The highest BCUT2D eigenvalue weighted by atomic mass is 16.5. The van der Waals surface area contributed by atoms with Gasteiger partial charge in [0.05, 0.1) is 23.8 Å². The standard InChI is InChI=1S/C17H25N3O4/c1-17(2,3)24-8-7-23-14-6-5-12(10-18-14)16(22)19-13-9-15(21)20(4)11-13/h5-6,10,13H,7-9,11H2,1-4H3,(H,19,22). The van der Waals surface area contributed by atoms with Gasteiger partial charge < -0.3 is 19.7 Å². The van der Waals surface area contributed by atoms with Crippen molar-refractivity contribution in [3.8, 4) is 5.88 Å². The third-order valence-corrected chi connectivity index (χ3v) is 3.54. The molecule has 7 heteroatoms. The lowest BCUT2D eigenvalue weighted by atomic mass is 10.2. The molecule has 132 valence electrons. The summed E-state index contributed by atoms with van der Waals surface area (Å²) in [6.45, 7) is 7.34. The van der Waals surface area contributed by atoms with Crippen molar-refractivity contribution in [2.75, 3.05) is 26.8 Å². The van der Waals surface area contributed by atoms with E-state index in [0.717, 1.165) is 0 Å². The zero-order chi connectivity index (χ0) is 17.7. The predicted octanol–water partition coefficient (Wildman–Crippen LogP) is 1.24. The first kappa shape index (κ1) is 18.2. The Labute approximate surface area is 142 Å². The van der Waals surface area contributed by atoms with E-state index < -0.39 is 0 Å². The summed E-state index contributed by atoms with van der Waals surface area (Å²) in [5.41, 5.74) is 0.240. The fourth-order valence-electron chi connectivity index (χ4n) is 2.32. The lowest BCUT2D eigenvalue weighted by molar-refractivity contribution is -0.126. The number of amides is 2. The largest absolute Gasteiger partial charge is 0.475 e. The number of likely N-dealkylation sites (N-methyl/N-ethyl adjacent to an activating group) is 1. The molecule has 1 aromatic heterocycles. The number of nitrogens with zero attached hydrogens (tertiary/aromatic N) is 2. The van der Waals surface area contributed by atoms with E-state index in [1.807, 2.05) is 20.8 Å². The molecule has 2 heterocycles. The van der Waals surface area contributed by atoms with Crippen molar-refractivity contribution in [3.63, 3.8) is 0 Å². The van der Waals surface area contributed by atoms with Crippen LogP contribution in [-0.4, -0.2) is 60.1 Å². The second-order valence-electron chi connectivity index (χ2n) is 6.84. The highest BCUT2D eigenvalue weighted by molar-refractivity contribution is 5.94. The van der Waals surface area contributed by atoms with E-state index in [9.17, 15) is 9.59 Å². The second kappa shape index (κ2) is 7.61. The van der Waals surface area contributed by atoms with E-state index in [4.69, 9.17) is 9.47 Å². The van der Waals surface area contributed by atoms with E-state index >= 15 is 0 Å². The number of hydrogen-bond donors (Lipinski definition) is 1. The Morgan fingerprint density at radius 2 is 2.12 bits per heavy atom. The molecule has 24 heavy (non-hydrogen) atoms. The minimum Gasteiger partial charge on any atom is -0.475 e. The summed E-state index contributed by atoms with van der Waals surface area (Å²) in [4.78, 5) is 29.4. The maximum absolute atomic E-state index is 12.2. The van der Waals surface area contributed by atoms with Gasteiger partial charge >= 0.3 is 0 Å². The van der Waals surface area contributed by atoms with Gasteiger partial charge in [-0.3, -0.25) is 9.59 Å². The number of aromatic nitrogens is 1. The predicted molar refractivity (Wildman–Crippen MR) is 88.9 cm³/mol. The summed E-state index contributed by atoms with van der Waals surface area (Å²) in [6.07, 6.45) is 1.81. The van der Waals surface area contributed by atoms with E-state index in [1.165, 1.54) is 6.20 Å². The summed E-state index contributed by atoms with van der Waals surface area (Å²) in [5.74, 6) is 0.248. The molecule has 0 aromatic carbocycles. The summed E-state index contributed by atoms with van der Waals surface area (Å²) in [6, 6.07) is 3.15. The Balaban J connectivity index is 1.79. The third kappa shape index (κ3) is 5.49. The summed E-state index contributed by atoms with van der Waals surface area (Å²) < 4.78 is 11.0. The molecule has 0 aliphatic carbocycles. The molecule has 2 rings (SSSR count). The van der Waals surface area contributed by atoms with Gasteiger partial charge in [0, 0.05) is 32.3 Å². The fraction of sp³-hybridized carbons (Fsp3) is 0.588. The number of carbonyl (C=O) groups excluding carboxylic acids is 2. The molecule has 7 nitrogen and oxygen atoms in total. The van der Waals surface area contributed by atoms with Crippen LogP contribution in [0.2, 0.25) is 0 Å². The number of carbonyl (C=O) groups is 2. The Morgan fingerprint density at radius 3 is 2.67 bits per heavy atom. The number of pyridine rings is 1. The number of hydrogen-bond acceptors (Lipinski definition) is 5. The van der Waals surface area contributed by atoms with Crippen LogP contribution in [-0.2, 0) is 9.53 Å². The van der Waals surface area contributed by atoms with Crippen molar-refractivity contribution in [1.29, 1.82) is 0 Å². The molecule has 0 bridgehead atoms. The van der Waals surface area contributed by atoms with E-state index in [-0.39, 0.29) is 23.5 Å². The van der Waals surface area contributed by atoms with Gasteiger partial charge in [0.25, 0.3) is 5.91 Å². The number of rotatable bonds is 6. The Kier molecular flexibility index (Phi) is 5.77. The molecular formula is C17H25N3O4. The van der Waals surface area contributed by atoms with Crippen LogP contribution >= 0.6 is 0 Å². The van der Waals surface area contributed by atoms with Gasteiger partial charge in [-0.1, -0.05) is 0 Å². The van der Waals surface area contributed by atoms with Crippen molar-refractivity contribution in [1.82, 2.24) is 15.2 Å². The second-order valence-corrected chi connectivity index (χ2v) is 6.84. The normalized spacial score (nSPS) is 17.9. The molecule has 1 fully saturated rings. The van der Waals surface area contributed by atoms with Gasteiger partial charge in [-0.25, -0.2) is 4.98 Å². The maximum atomic E-state index is 12.2. The van der Waals surface area contributed by atoms with Gasteiger partial charge in [0.15, 0.2) is 0 Å². The highest BCUT2D eigenvalue weighted by Gasteiger charge is 2.28. The van der Waals surface area contributed by atoms with E-state index in [2.05, 4.69) is 10.3 Å². The van der Waals surface area contributed by atoms with Crippen LogP contribution < -0.4 is 10.1 Å². The Bertz CT molecular complexity index is 580. The van der Waals surface area contributed by atoms with Gasteiger partial charge in [0.1, 0.15) is 6.61 Å². The minimum absolute atomic E-state index is 0.0413. The molecule has 1 aromatic rings. The lowest BCUT2D eigenvalue weighted by Crippen LogP contribution is -2.36. The van der Waals surface area contributed by atoms with Crippen molar-refractivity contribution in [2.24, 2.45) is 0 Å². The fourth-order valence-corrected chi connectivity index (χ4v) is 2.32. The lowest BCUT2D eigenvalue weighted by Gasteiger charge is -2.19. The summed E-state index contributed by atoms with van der Waals surface area (Å²) >= 11 is 0. The molecule has 1 aliphatic heterocycles. The van der Waals surface area contributed by atoms with Crippen LogP contribution in [0.15, 0.2) is 18.3 Å². The average Bonchev–Trinajstić information content (AvgIpc) is 2.81. The van der Waals surface area contributed by atoms with Crippen LogP contribution in [0.5, 0.6) is 5.88 Å². The van der Waals surface area contributed by atoms with E-state index in [1.54, 1.807) is 24.1 Å². The van der Waals surface area contributed by atoms with Gasteiger partial charge in [-0.05, 0) is 26.8 Å². The smallest absolute Gasteiger partial charge is 0.253 e. The first-order valence-corrected chi connectivity index (χ1v) is 8.02. The first-order valence-electron chi connectivity index (χ1n) is 8.02. The minimum atomic E-state index is -0.238. The van der Waals surface area contributed by atoms with Crippen LogP contribution in [0, 0.1) is 0 Å². The zero-order valence-electron chi connectivity index (χ0n) is 14.7. The number of likely N-dealkylation sites (tertiary alicyclic amines) is 1. The van der Waals surface area contributed by atoms with Gasteiger partial charge in [-0.15, -0.1) is 0 Å². The van der Waals surface area contributed by atoms with Crippen LogP contribution in [0.3, 0.4) is 0 Å². The Morgan fingerprint density at radius 1 is 1.38 bits per heavy atom. The molecule has 0 saturated carbocycles. The average molecular weight is 335 g/mol. The number of ether oxygens (including phenoxy) is 2.